The van der Waals surface area contributed by atoms with Gasteiger partial charge in [0.2, 0.25) is 0 Å². The Bertz CT molecular complexity index is 177. The second-order valence-corrected chi connectivity index (χ2v) is 1.20. The zero-order chi connectivity index (χ0) is 7.28. The highest BCUT2D eigenvalue weighted by molar-refractivity contribution is 5.95. The van der Waals surface area contributed by atoms with Crippen LogP contribution in [0.25, 0.3) is 0 Å². The first-order valence-electron chi connectivity index (χ1n) is 2.08. The van der Waals surface area contributed by atoms with Crippen molar-refractivity contribution in [1.82, 2.24) is 5.43 Å². The summed E-state index contributed by atoms with van der Waals surface area (Å²) >= 11 is 0. The number of hydrogen-bond donors (Lipinski definition) is 3. The second-order valence-electron chi connectivity index (χ2n) is 1.20. The molecule has 0 spiro atoms. The van der Waals surface area contributed by atoms with E-state index in [-0.39, 0.29) is 5.57 Å². The molecule has 0 saturated heterocycles. The van der Waals surface area contributed by atoms with Crippen LogP contribution in [0.3, 0.4) is 0 Å². The molecule has 0 radical (unpaired) electrons. The van der Waals surface area contributed by atoms with Crippen molar-refractivity contribution < 1.29 is 4.79 Å². The summed E-state index contributed by atoms with van der Waals surface area (Å²) in [6.45, 7) is 0. The lowest BCUT2D eigenvalue weighted by Crippen LogP contribution is -2.19. The maximum atomic E-state index is 10.2. The van der Waals surface area contributed by atoms with Crippen LogP contribution in [0.1, 0.15) is 0 Å². The van der Waals surface area contributed by atoms with Gasteiger partial charge in [-0.2, -0.15) is 5.26 Å². The smallest absolute Gasteiger partial charge is 0.260 e. The monoisotopic (exact) mass is 126 g/mol. The van der Waals surface area contributed by atoms with E-state index in [2.05, 4.69) is 0 Å². The molecule has 0 bridgehead atoms. The van der Waals surface area contributed by atoms with Gasteiger partial charge in [0.05, 0.1) is 0 Å². The van der Waals surface area contributed by atoms with E-state index in [0.29, 0.717) is 0 Å². The number of hydrazine groups is 1. The summed E-state index contributed by atoms with van der Waals surface area (Å²) in [7, 11) is 0. The van der Waals surface area contributed by atoms with Gasteiger partial charge in [0, 0.05) is 6.20 Å². The van der Waals surface area contributed by atoms with Gasteiger partial charge in [-0.1, -0.05) is 0 Å². The van der Waals surface area contributed by atoms with E-state index in [1.807, 2.05) is 5.43 Å². The van der Waals surface area contributed by atoms with Crippen molar-refractivity contribution in [3.8, 4) is 6.07 Å². The van der Waals surface area contributed by atoms with Gasteiger partial charge in [-0.3, -0.25) is 10.6 Å². The third-order valence-corrected chi connectivity index (χ3v) is 0.614. The number of hydrogen-bond acceptors (Lipinski definition) is 4. The van der Waals surface area contributed by atoms with Crippen LogP contribution in [0.4, 0.5) is 0 Å². The van der Waals surface area contributed by atoms with Crippen LogP contribution in [0.15, 0.2) is 11.8 Å². The number of nitriles is 1. The Morgan fingerprint density at radius 1 is 1.78 bits per heavy atom. The molecule has 0 unspecified atom stereocenters. The van der Waals surface area contributed by atoms with E-state index in [4.69, 9.17) is 16.8 Å². The SMILES string of the molecule is N#CC(=CNN)C(N)=O. The van der Waals surface area contributed by atoms with Crippen LogP contribution >= 0.6 is 0 Å². The number of nitrogens with one attached hydrogen (secondary N) is 1. The van der Waals surface area contributed by atoms with Gasteiger partial charge in [-0.05, 0) is 0 Å². The topological polar surface area (TPSA) is 105 Å². The van der Waals surface area contributed by atoms with Crippen LogP contribution in [-0.4, -0.2) is 5.91 Å². The predicted octanol–water partition coefficient (Wildman–Crippen LogP) is -1.66. The Morgan fingerprint density at radius 2 is 2.33 bits per heavy atom. The van der Waals surface area contributed by atoms with Gasteiger partial charge < -0.3 is 11.2 Å². The fourth-order valence-electron chi connectivity index (χ4n) is 0.242. The Morgan fingerprint density at radius 3 is 2.44 bits per heavy atom. The lowest BCUT2D eigenvalue weighted by atomic mass is 10.3. The molecule has 9 heavy (non-hydrogen) atoms. The number of nitrogens with two attached hydrogens (primary N) is 2. The highest BCUT2D eigenvalue weighted by Gasteiger charge is 1.99. The quantitative estimate of drug-likeness (QED) is 0.178. The molecular formula is C4H6N4O. The van der Waals surface area contributed by atoms with Crippen molar-refractivity contribution in [3.05, 3.63) is 11.8 Å². The molecule has 0 aliphatic rings. The molecule has 48 valence electrons. The minimum absolute atomic E-state index is 0.197. The Labute approximate surface area is 51.9 Å². The fraction of sp³-hybridized carbons (Fsp3) is 0. The average Bonchev–Trinajstić information content (AvgIpc) is 1.82. The van der Waals surface area contributed by atoms with Crippen molar-refractivity contribution in [2.75, 3.05) is 0 Å². The molecule has 0 aromatic carbocycles. The molecule has 0 saturated carbocycles. The summed E-state index contributed by atoms with van der Waals surface area (Å²) in [6, 6.07) is 1.55. The average molecular weight is 126 g/mol. The Kier molecular flexibility index (Phi) is 2.87. The molecule has 0 atom stereocenters. The number of carbonyl (C=O) groups is 1. The Balaban J connectivity index is 4.20. The largest absolute Gasteiger partial charge is 0.365 e. The van der Waals surface area contributed by atoms with E-state index in [1.165, 1.54) is 0 Å². The van der Waals surface area contributed by atoms with Gasteiger partial charge in [-0.25, -0.2) is 0 Å². The van der Waals surface area contributed by atoms with Crippen LogP contribution < -0.4 is 17.0 Å². The first-order chi connectivity index (χ1) is 4.22. The van der Waals surface area contributed by atoms with Gasteiger partial charge in [0.1, 0.15) is 11.6 Å². The number of primary amides is 1. The third-order valence-electron chi connectivity index (χ3n) is 0.614. The maximum absolute atomic E-state index is 10.2. The number of rotatable bonds is 2. The molecule has 1 amide bonds. The van der Waals surface area contributed by atoms with Crippen molar-refractivity contribution in [2.45, 2.75) is 0 Å². The van der Waals surface area contributed by atoms with Crippen LogP contribution in [0, 0.1) is 11.3 Å². The summed E-state index contributed by atoms with van der Waals surface area (Å²) in [4.78, 5) is 10.2. The van der Waals surface area contributed by atoms with Crippen LogP contribution in [0.2, 0.25) is 0 Å². The van der Waals surface area contributed by atoms with E-state index in [9.17, 15) is 4.79 Å². The van der Waals surface area contributed by atoms with E-state index in [1.54, 1.807) is 6.07 Å². The minimum Gasteiger partial charge on any atom is -0.365 e. The third kappa shape index (κ3) is 2.31. The molecule has 5 nitrogen and oxygen atoms in total. The molecule has 0 aromatic heterocycles. The summed E-state index contributed by atoms with van der Waals surface area (Å²) in [5.74, 6) is 3.96. The molecule has 0 rings (SSSR count). The zero-order valence-electron chi connectivity index (χ0n) is 4.59. The molecule has 0 aliphatic carbocycles. The first kappa shape index (κ1) is 7.46. The molecule has 5 N–H and O–H groups in total. The zero-order valence-corrected chi connectivity index (χ0v) is 4.59. The molecule has 5 heteroatoms. The second kappa shape index (κ2) is 3.46. The van der Waals surface area contributed by atoms with Gasteiger partial charge in [0.15, 0.2) is 0 Å². The summed E-state index contributed by atoms with van der Waals surface area (Å²) in [6.07, 6.45) is 1.03. The minimum atomic E-state index is -0.796. The molecule has 0 fully saturated rings. The maximum Gasteiger partial charge on any atom is 0.260 e. The standard InChI is InChI=1S/C4H6N4O/c5-1-3(2-8-7)4(6)9/h2,8H,7H2,(H2,6,9). The fourth-order valence-corrected chi connectivity index (χ4v) is 0.242. The highest BCUT2D eigenvalue weighted by atomic mass is 16.1. The van der Waals surface area contributed by atoms with Crippen molar-refractivity contribution in [2.24, 2.45) is 11.6 Å². The molecule has 0 aliphatic heterocycles. The molecule has 0 heterocycles. The van der Waals surface area contributed by atoms with Gasteiger partial charge in [-0.15, -0.1) is 0 Å². The summed E-state index contributed by atoms with van der Waals surface area (Å²) in [5, 5.41) is 8.11. The van der Waals surface area contributed by atoms with Crippen LogP contribution in [-0.2, 0) is 4.79 Å². The van der Waals surface area contributed by atoms with E-state index >= 15 is 0 Å². The normalized spacial score (nSPS) is 10.0. The van der Waals surface area contributed by atoms with Gasteiger partial charge in [0.25, 0.3) is 5.91 Å². The summed E-state index contributed by atoms with van der Waals surface area (Å²) < 4.78 is 0. The predicted molar refractivity (Wildman–Crippen MR) is 30.2 cm³/mol. The van der Waals surface area contributed by atoms with Crippen LogP contribution in [0.5, 0.6) is 0 Å². The van der Waals surface area contributed by atoms with Crippen molar-refractivity contribution in [1.29, 1.82) is 5.26 Å². The number of nitrogens with zero attached hydrogens (tertiary/aromatic N) is 1. The number of carbonyl (C=O) groups excluding carboxylic acids is 1. The lowest BCUT2D eigenvalue weighted by Gasteiger charge is -1.88. The molecular weight excluding hydrogens is 120 g/mol. The summed E-state index contributed by atoms with van der Waals surface area (Å²) in [5.41, 5.74) is 6.53. The first-order valence-corrected chi connectivity index (χ1v) is 2.08. The number of amides is 1. The Hall–Kier alpha value is -1.54. The van der Waals surface area contributed by atoms with E-state index < -0.39 is 5.91 Å². The van der Waals surface area contributed by atoms with Gasteiger partial charge >= 0.3 is 0 Å². The van der Waals surface area contributed by atoms with Crippen molar-refractivity contribution >= 4 is 5.91 Å². The van der Waals surface area contributed by atoms with E-state index in [0.717, 1.165) is 6.20 Å². The highest BCUT2D eigenvalue weighted by Crippen LogP contribution is 1.84. The van der Waals surface area contributed by atoms with Crippen molar-refractivity contribution in [3.63, 3.8) is 0 Å². The molecule has 0 aromatic rings. The lowest BCUT2D eigenvalue weighted by molar-refractivity contribution is -0.114.